The molecule has 1 aliphatic rings. The lowest BCUT2D eigenvalue weighted by Crippen LogP contribution is -2.33. The van der Waals surface area contributed by atoms with Crippen LogP contribution in [0.3, 0.4) is 0 Å². The molecule has 2 aromatic rings. The Hall–Kier alpha value is -2.11. The van der Waals surface area contributed by atoms with Gasteiger partial charge in [0.25, 0.3) is 0 Å². The summed E-state index contributed by atoms with van der Waals surface area (Å²) >= 11 is 1.50. The van der Waals surface area contributed by atoms with Crippen LogP contribution in [0.1, 0.15) is 36.5 Å². The summed E-state index contributed by atoms with van der Waals surface area (Å²) in [4.78, 5) is 2.55. The summed E-state index contributed by atoms with van der Waals surface area (Å²) in [7, 11) is 0. The second-order valence-electron chi connectivity index (χ2n) is 7.18. The highest BCUT2D eigenvalue weighted by Crippen LogP contribution is 2.18. The van der Waals surface area contributed by atoms with E-state index in [-0.39, 0.29) is 0 Å². The maximum absolute atomic E-state index is 5.92. The second-order valence-corrected chi connectivity index (χ2v) is 8.18. The molecule has 2 N–H and O–H groups in total. The SMILES string of the molecule is CC1CCCN(Cc2ccc(C=NN=C(N)SCc3ccccc3)cc2)C1. The summed E-state index contributed by atoms with van der Waals surface area (Å²) in [5, 5.41) is 8.67. The predicted molar refractivity (Wildman–Crippen MR) is 117 cm³/mol. The van der Waals surface area contributed by atoms with Gasteiger partial charge in [-0.2, -0.15) is 5.10 Å². The first kappa shape index (κ1) is 19.6. The van der Waals surface area contributed by atoms with Crippen LogP contribution >= 0.6 is 11.8 Å². The fourth-order valence-electron chi connectivity index (χ4n) is 3.31. The monoisotopic (exact) mass is 380 g/mol. The first-order valence-electron chi connectivity index (χ1n) is 9.53. The van der Waals surface area contributed by atoms with Gasteiger partial charge in [-0.05, 0) is 42.0 Å². The number of amidine groups is 1. The zero-order chi connectivity index (χ0) is 18.9. The molecule has 0 radical (unpaired) electrons. The van der Waals surface area contributed by atoms with Crippen molar-refractivity contribution in [2.45, 2.75) is 32.1 Å². The molecule has 27 heavy (non-hydrogen) atoms. The molecular weight excluding hydrogens is 352 g/mol. The lowest BCUT2D eigenvalue weighted by molar-refractivity contribution is 0.176. The summed E-state index contributed by atoms with van der Waals surface area (Å²) in [6.45, 7) is 5.79. The molecule has 4 nitrogen and oxygen atoms in total. The van der Waals surface area contributed by atoms with Crippen LogP contribution in [0.15, 0.2) is 64.8 Å². The fraction of sp³-hybridized carbons (Fsp3) is 0.364. The Morgan fingerprint density at radius 3 is 2.67 bits per heavy atom. The highest BCUT2D eigenvalue weighted by molar-refractivity contribution is 8.13. The smallest absolute Gasteiger partial charge is 0.180 e. The number of benzene rings is 2. The van der Waals surface area contributed by atoms with Crippen LogP contribution in [0.5, 0.6) is 0 Å². The molecule has 1 aliphatic heterocycles. The number of hydrogen-bond acceptors (Lipinski definition) is 4. The lowest BCUT2D eigenvalue weighted by atomic mass is 10.00. The van der Waals surface area contributed by atoms with E-state index in [1.807, 2.05) is 18.2 Å². The van der Waals surface area contributed by atoms with Gasteiger partial charge in [-0.15, -0.1) is 5.10 Å². The van der Waals surface area contributed by atoms with Crippen LogP contribution in [-0.2, 0) is 12.3 Å². The minimum absolute atomic E-state index is 0.478. The van der Waals surface area contributed by atoms with Gasteiger partial charge in [-0.1, -0.05) is 73.3 Å². The van der Waals surface area contributed by atoms with Crippen LogP contribution in [0.4, 0.5) is 0 Å². The van der Waals surface area contributed by atoms with Gasteiger partial charge in [-0.3, -0.25) is 4.90 Å². The molecule has 142 valence electrons. The molecule has 0 aliphatic carbocycles. The van der Waals surface area contributed by atoms with E-state index in [2.05, 4.69) is 58.4 Å². The maximum Gasteiger partial charge on any atom is 0.180 e. The Morgan fingerprint density at radius 1 is 1.15 bits per heavy atom. The minimum Gasteiger partial charge on any atom is -0.377 e. The summed E-state index contributed by atoms with van der Waals surface area (Å²) in [5.74, 6) is 1.61. The Bertz CT molecular complexity index is 756. The number of hydrogen-bond donors (Lipinski definition) is 1. The van der Waals surface area contributed by atoms with Gasteiger partial charge in [0.15, 0.2) is 5.17 Å². The quantitative estimate of drug-likeness (QED) is 0.456. The van der Waals surface area contributed by atoms with E-state index in [4.69, 9.17) is 5.73 Å². The second kappa shape index (κ2) is 10.3. The van der Waals surface area contributed by atoms with Gasteiger partial charge in [0, 0.05) is 18.8 Å². The van der Waals surface area contributed by atoms with Gasteiger partial charge < -0.3 is 5.73 Å². The lowest BCUT2D eigenvalue weighted by Gasteiger charge is -2.30. The van der Waals surface area contributed by atoms with Gasteiger partial charge in [0.2, 0.25) is 0 Å². The van der Waals surface area contributed by atoms with Crippen molar-refractivity contribution in [3.05, 3.63) is 71.3 Å². The Labute approximate surface area is 166 Å². The zero-order valence-electron chi connectivity index (χ0n) is 15.9. The minimum atomic E-state index is 0.478. The molecule has 0 saturated carbocycles. The summed E-state index contributed by atoms with van der Waals surface area (Å²) < 4.78 is 0. The van der Waals surface area contributed by atoms with E-state index in [0.717, 1.165) is 23.8 Å². The number of likely N-dealkylation sites (tertiary alicyclic amines) is 1. The van der Waals surface area contributed by atoms with Crippen LogP contribution < -0.4 is 5.73 Å². The summed E-state index contributed by atoms with van der Waals surface area (Å²) in [6.07, 6.45) is 4.43. The largest absolute Gasteiger partial charge is 0.377 e. The third-order valence-electron chi connectivity index (χ3n) is 4.72. The molecule has 0 amide bonds. The summed E-state index contributed by atoms with van der Waals surface area (Å²) in [5.41, 5.74) is 9.53. The third-order valence-corrected chi connectivity index (χ3v) is 5.57. The number of thioether (sulfide) groups is 1. The highest BCUT2D eigenvalue weighted by Gasteiger charge is 2.15. The Kier molecular flexibility index (Phi) is 7.48. The Morgan fingerprint density at radius 2 is 1.93 bits per heavy atom. The van der Waals surface area contributed by atoms with Crippen LogP contribution in [0, 0.1) is 5.92 Å². The van der Waals surface area contributed by atoms with E-state index >= 15 is 0 Å². The van der Waals surface area contributed by atoms with E-state index < -0.39 is 0 Å². The first-order valence-corrected chi connectivity index (χ1v) is 10.5. The number of nitrogens with zero attached hydrogens (tertiary/aromatic N) is 3. The highest BCUT2D eigenvalue weighted by atomic mass is 32.2. The van der Waals surface area contributed by atoms with Gasteiger partial charge in [0.1, 0.15) is 0 Å². The van der Waals surface area contributed by atoms with Crippen molar-refractivity contribution in [2.24, 2.45) is 21.9 Å². The third kappa shape index (κ3) is 6.85. The average Bonchev–Trinajstić information content (AvgIpc) is 2.69. The van der Waals surface area contributed by atoms with E-state index in [1.54, 1.807) is 6.21 Å². The Balaban J connectivity index is 1.47. The van der Waals surface area contributed by atoms with Crippen molar-refractivity contribution in [3.8, 4) is 0 Å². The molecule has 5 heteroatoms. The van der Waals surface area contributed by atoms with Crippen molar-refractivity contribution in [3.63, 3.8) is 0 Å². The molecule has 1 saturated heterocycles. The molecule has 1 fully saturated rings. The molecule has 0 aromatic heterocycles. The standard InChI is InChI=1S/C22H28N4S/c1-18-6-5-13-26(15-18)16-20-11-9-19(10-12-20)14-24-25-22(23)27-17-21-7-3-2-4-8-21/h2-4,7-12,14,18H,5-6,13,15-17H2,1H3,(H2,23,25). The molecular formula is C22H28N4S. The molecule has 0 spiro atoms. The van der Waals surface area contributed by atoms with Crippen molar-refractivity contribution in [2.75, 3.05) is 13.1 Å². The van der Waals surface area contributed by atoms with Crippen molar-refractivity contribution in [1.82, 2.24) is 4.90 Å². The average molecular weight is 381 g/mol. The van der Waals surface area contributed by atoms with Gasteiger partial charge in [0.05, 0.1) is 6.21 Å². The number of piperidine rings is 1. The molecule has 2 aromatic carbocycles. The molecule has 3 rings (SSSR count). The van der Waals surface area contributed by atoms with Crippen molar-refractivity contribution >= 4 is 23.1 Å². The summed E-state index contributed by atoms with van der Waals surface area (Å²) in [6, 6.07) is 18.8. The molecule has 1 atom stereocenters. The zero-order valence-corrected chi connectivity index (χ0v) is 16.7. The fourth-order valence-corrected chi connectivity index (χ4v) is 3.92. The van der Waals surface area contributed by atoms with Crippen LogP contribution in [0.25, 0.3) is 0 Å². The number of rotatable bonds is 6. The van der Waals surface area contributed by atoms with Gasteiger partial charge >= 0.3 is 0 Å². The molecule has 1 heterocycles. The first-order chi connectivity index (χ1) is 13.2. The number of nitrogens with two attached hydrogens (primary N) is 1. The maximum atomic E-state index is 5.92. The predicted octanol–water partition coefficient (Wildman–Crippen LogP) is 4.50. The van der Waals surface area contributed by atoms with Crippen LogP contribution in [-0.4, -0.2) is 29.4 Å². The molecule has 0 bridgehead atoms. The topological polar surface area (TPSA) is 54.0 Å². The van der Waals surface area contributed by atoms with E-state index in [1.165, 1.54) is 48.8 Å². The van der Waals surface area contributed by atoms with E-state index in [9.17, 15) is 0 Å². The van der Waals surface area contributed by atoms with Gasteiger partial charge in [-0.25, -0.2) is 0 Å². The normalized spacial score (nSPS) is 18.9. The molecule has 1 unspecified atom stereocenters. The van der Waals surface area contributed by atoms with Crippen molar-refractivity contribution in [1.29, 1.82) is 0 Å². The van der Waals surface area contributed by atoms with E-state index in [0.29, 0.717) is 5.17 Å². The van der Waals surface area contributed by atoms with Crippen molar-refractivity contribution < 1.29 is 0 Å². The van der Waals surface area contributed by atoms with Crippen LogP contribution in [0.2, 0.25) is 0 Å².